The van der Waals surface area contributed by atoms with E-state index >= 15 is 0 Å². The molecule has 0 N–H and O–H groups in total. The summed E-state index contributed by atoms with van der Waals surface area (Å²) in [5.41, 5.74) is 0.422. The van der Waals surface area contributed by atoms with Gasteiger partial charge in [-0.25, -0.2) is 42.1 Å². The van der Waals surface area contributed by atoms with Crippen LogP contribution >= 0.6 is 0 Å². The van der Waals surface area contributed by atoms with E-state index in [0.717, 1.165) is 50.5 Å². The summed E-state index contributed by atoms with van der Waals surface area (Å²) in [5.74, 6) is 1.06. The normalized spacial score (nSPS) is 18.0. The third-order valence-corrected chi connectivity index (χ3v) is 19.4. The second-order valence-corrected chi connectivity index (χ2v) is 31.8. The van der Waals surface area contributed by atoms with Crippen LogP contribution in [-0.2, 0) is 87.5 Å². The van der Waals surface area contributed by atoms with Gasteiger partial charge in [0, 0.05) is 56.5 Å². The summed E-state index contributed by atoms with van der Waals surface area (Å²) in [6, 6.07) is 0. The van der Waals surface area contributed by atoms with Gasteiger partial charge in [-0.05, 0) is 132 Å². The molecule has 0 spiro atoms. The predicted octanol–water partition coefficient (Wildman–Crippen LogP) is 5.20. The van der Waals surface area contributed by atoms with Crippen molar-refractivity contribution in [2.24, 2.45) is 23.2 Å². The largest absolute Gasteiger partial charge is 0.300 e. The zero-order valence-corrected chi connectivity index (χ0v) is 49.2. The number of ketones is 8. The molecule has 0 heterocycles. The maximum atomic E-state index is 10.9. The molecule has 4 unspecified atom stereocenters. The average Bonchev–Trinajstić information content (AvgIpc) is 3.98. The highest BCUT2D eigenvalue weighted by atomic mass is 32.2. The first-order valence-electron chi connectivity index (χ1n) is 22.1. The lowest BCUT2D eigenvalue weighted by Gasteiger charge is -2.17. The van der Waals surface area contributed by atoms with E-state index in [9.17, 15) is 80.4 Å². The van der Waals surface area contributed by atoms with E-state index in [4.69, 9.17) is 0 Å². The van der Waals surface area contributed by atoms with Crippen molar-refractivity contribution in [1.82, 2.24) is 0 Å². The number of hydrogen-bond donors (Lipinski definition) is 0. The minimum Gasteiger partial charge on any atom is -0.300 e. The topological polar surface area (TPSA) is 307 Å². The highest BCUT2D eigenvalue weighted by Gasteiger charge is 2.56. The predicted molar refractivity (Wildman–Crippen MR) is 273 cm³/mol. The molecule has 0 bridgehead atoms. The summed E-state index contributed by atoms with van der Waals surface area (Å²) < 4.78 is 104. The third-order valence-electron chi connectivity index (χ3n) is 10.9. The third kappa shape index (κ3) is 39.4. The van der Waals surface area contributed by atoms with Crippen molar-refractivity contribution in [2.45, 2.75) is 182 Å². The molecule has 4 atom stereocenters. The number of Topliss-reactive ketones (excluding diaryl/α,β-unsaturated/α-hetero) is 8. The lowest BCUT2D eigenvalue weighted by Crippen LogP contribution is -2.38. The molecule has 0 amide bonds. The molecular weight excluding hydrogens is 1000 g/mol. The van der Waals surface area contributed by atoms with Gasteiger partial charge in [-0.3, -0.25) is 28.8 Å². The Balaban J connectivity index is -0.000000227. The van der Waals surface area contributed by atoms with Crippen LogP contribution in [0.4, 0.5) is 0 Å². The molecule has 23 heteroatoms. The molecule has 3 aliphatic rings. The number of rotatable bonds is 16. The molecule has 3 saturated carbocycles. The molecule has 69 heavy (non-hydrogen) atoms. The van der Waals surface area contributed by atoms with Gasteiger partial charge in [0.05, 0.1) is 5.25 Å². The maximum absolute atomic E-state index is 10.9. The Kier molecular flexibility index (Phi) is 33.6. The molecule has 0 radical (unpaired) electrons. The summed E-state index contributed by atoms with van der Waals surface area (Å²) in [5, 5.41) is -1.39. The molecule has 0 aromatic carbocycles. The van der Waals surface area contributed by atoms with Crippen molar-refractivity contribution < 1.29 is 80.4 Å². The minimum atomic E-state index is -3.25. The van der Waals surface area contributed by atoms with Gasteiger partial charge >= 0.3 is 0 Å². The number of sulfone groups is 5. The van der Waals surface area contributed by atoms with Gasteiger partial charge in [-0.1, -0.05) is 27.7 Å². The van der Waals surface area contributed by atoms with E-state index in [1.54, 1.807) is 20.8 Å². The summed E-state index contributed by atoms with van der Waals surface area (Å²) >= 11 is 0. The van der Waals surface area contributed by atoms with Crippen LogP contribution in [0.25, 0.3) is 0 Å². The van der Waals surface area contributed by atoms with Gasteiger partial charge in [-0.2, -0.15) is 0 Å². The van der Waals surface area contributed by atoms with Crippen LogP contribution in [0.15, 0.2) is 0 Å². The quantitative estimate of drug-likeness (QED) is 0.192. The summed E-state index contributed by atoms with van der Waals surface area (Å²) in [6.07, 6.45) is 11.7. The van der Waals surface area contributed by atoms with E-state index in [1.807, 2.05) is 13.8 Å². The molecule has 0 aromatic rings. The number of carbonyl (C=O) groups is 8. The minimum absolute atomic E-state index is 0.0853. The zero-order chi connectivity index (χ0) is 56.9. The highest BCUT2D eigenvalue weighted by Crippen LogP contribution is 2.48. The van der Waals surface area contributed by atoms with E-state index < -0.39 is 69.2 Å². The summed E-state index contributed by atoms with van der Waals surface area (Å²) in [6.45, 7) is 25.6. The maximum Gasteiger partial charge on any atom is 0.160 e. The first-order valence-corrected chi connectivity index (χ1v) is 31.9. The average molecular weight is 1090 g/mol. The van der Waals surface area contributed by atoms with Crippen molar-refractivity contribution in [3.8, 4) is 0 Å². The van der Waals surface area contributed by atoms with Gasteiger partial charge in [-0.15, -0.1) is 0 Å². The van der Waals surface area contributed by atoms with Gasteiger partial charge < -0.3 is 9.59 Å². The monoisotopic (exact) mass is 1090 g/mol. The molecule has 3 aliphatic carbocycles. The SMILES string of the molecule is CC(=O)C(C)(C)S(C)(=O)=O.CC(=O)C(C)S(C)(=O)=O.CC(=O)C1(S(C)(=O)=O)CC1.CC(=O)C1CC1C.CC(=O)CC(C)C.CC(=O)CC(C)S(C)(=O)=O.CC(=O)CC1(C)CC1.CC(=O)CS(C)(=O)=O. The van der Waals surface area contributed by atoms with Gasteiger partial charge in [0.1, 0.15) is 70.8 Å². The van der Waals surface area contributed by atoms with Crippen molar-refractivity contribution in [3.05, 3.63) is 0 Å². The fourth-order valence-corrected chi connectivity index (χ4v) is 8.81. The molecular formula is C46H86O18S5. The number of hydrogen-bond acceptors (Lipinski definition) is 18. The lowest BCUT2D eigenvalue weighted by molar-refractivity contribution is -0.119. The summed E-state index contributed by atoms with van der Waals surface area (Å²) in [7, 11) is -15.6. The molecule has 0 aromatic heterocycles. The van der Waals surface area contributed by atoms with E-state index in [-0.39, 0.29) is 46.9 Å². The molecule has 18 nitrogen and oxygen atoms in total. The molecule has 408 valence electrons. The van der Waals surface area contributed by atoms with Crippen LogP contribution < -0.4 is 0 Å². The van der Waals surface area contributed by atoms with Crippen LogP contribution in [0.5, 0.6) is 0 Å². The van der Waals surface area contributed by atoms with E-state index in [1.165, 1.54) is 75.2 Å². The Morgan fingerprint density at radius 1 is 0.580 bits per heavy atom. The van der Waals surface area contributed by atoms with Gasteiger partial charge in [0.2, 0.25) is 0 Å². The van der Waals surface area contributed by atoms with Crippen LogP contribution in [0.1, 0.15) is 162 Å². The molecule has 3 rings (SSSR count). The van der Waals surface area contributed by atoms with Crippen molar-refractivity contribution in [3.63, 3.8) is 0 Å². The second-order valence-electron chi connectivity index (χ2n) is 20.0. The van der Waals surface area contributed by atoms with Crippen molar-refractivity contribution in [1.29, 1.82) is 0 Å². The Morgan fingerprint density at radius 3 is 0.986 bits per heavy atom. The van der Waals surface area contributed by atoms with Crippen molar-refractivity contribution in [2.75, 3.05) is 37.0 Å². The van der Waals surface area contributed by atoms with Crippen LogP contribution in [0, 0.1) is 23.2 Å². The Labute approximate surface area is 416 Å². The molecule has 0 aliphatic heterocycles. The van der Waals surface area contributed by atoms with Crippen LogP contribution in [-0.4, -0.2) is 145 Å². The Morgan fingerprint density at radius 2 is 0.957 bits per heavy atom. The summed E-state index contributed by atoms with van der Waals surface area (Å²) in [4.78, 5) is 83.6. The van der Waals surface area contributed by atoms with Gasteiger partial charge in [0.25, 0.3) is 0 Å². The second kappa shape index (κ2) is 30.9. The zero-order valence-electron chi connectivity index (χ0n) is 45.1. The van der Waals surface area contributed by atoms with Crippen molar-refractivity contribution >= 4 is 95.5 Å². The number of carbonyl (C=O) groups excluding carboxylic acids is 8. The smallest absolute Gasteiger partial charge is 0.160 e. The van der Waals surface area contributed by atoms with E-state index in [2.05, 4.69) is 13.8 Å². The fourth-order valence-electron chi connectivity index (χ4n) is 5.04. The Bertz CT molecular complexity index is 2290. The lowest BCUT2D eigenvalue weighted by atomic mass is 10.0. The van der Waals surface area contributed by atoms with E-state index in [0.29, 0.717) is 47.6 Å². The first kappa shape index (κ1) is 75.0. The Hall–Kier alpha value is -2.89. The van der Waals surface area contributed by atoms with Crippen LogP contribution in [0.3, 0.4) is 0 Å². The van der Waals surface area contributed by atoms with Gasteiger partial charge in [0.15, 0.2) is 45.1 Å². The first-order chi connectivity index (χ1) is 30.2. The molecule has 0 saturated heterocycles. The molecule has 3 fully saturated rings. The fraction of sp³-hybridized carbons (Fsp3) is 0.826. The van der Waals surface area contributed by atoms with Crippen LogP contribution in [0.2, 0.25) is 0 Å². The highest BCUT2D eigenvalue weighted by molar-refractivity contribution is 7.93. The standard InChI is InChI=1S/C7H12O.C6H10O3S.2C6H12O3S.C6H10O.C6H12O.C5H10O3S.C4H8O3S/c1-6(8)5-7(2)3-4-7;1-5(7)6(3-4-6)10(2,8)9;1-5(7)6(2,3)10(4,8)9;1-5(7)4-6(2)10(3,8)9;1-4-3-6(4)5(2)7;1-5(2)4-6(3)7;1-4(6)5(2)9(3,7)8;1-4(5)3-8(2,6)7/h3-5H2,1-2H3;3-4H2,1-2H3;1-4H3;6H,4H2,1-3H3;4,6H,3H2,1-2H3;5H,4H2,1-3H3;5H,1-3H3;3H2,1-2H3.